The van der Waals surface area contributed by atoms with E-state index in [0.29, 0.717) is 12.0 Å². The Balaban J connectivity index is 2.72. The van der Waals surface area contributed by atoms with Crippen molar-refractivity contribution in [3.05, 3.63) is 35.4 Å². The highest BCUT2D eigenvalue weighted by atomic mass is 19.1. The fraction of sp³-hybridized carbons (Fsp3) is 0.455. The third-order valence-electron chi connectivity index (χ3n) is 2.37. The third kappa shape index (κ3) is 3.57. The minimum Gasteiger partial charge on any atom is -0.380 e. The largest absolute Gasteiger partial charge is 0.380 e. The molecule has 0 amide bonds. The standard InChI is InChI=1S/C11H15F2NO/c1-7(15-2)11(14)5-8-3-9(12)6-10(13)4-8/h3-4,6-7,11H,5,14H2,1-2H3. The number of hydrogen-bond donors (Lipinski definition) is 1. The lowest BCUT2D eigenvalue weighted by molar-refractivity contribution is 0.0955. The molecule has 0 aliphatic carbocycles. The zero-order valence-corrected chi connectivity index (χ0v) is 8.84. The number of ether oxygens (including phenoxy) is 1. The van der Waals surface area contributed by atoms with Crippen molar-refractivity contribution < 1.29 is 13.5 Å². The summed E-state index contributed by atoms with van der Waals surface area (Å²) in [6, 6.07) is 3.14. The minimum atomic E-state index is -0.581. The highest BCUT2D eigenvalue weighted by Crippen LogP contribution is 2.11. The van der Waals surface area contributed by atoms with Gasteiger partial charge in [-0.2, -0.15) is 0 Å². The number of halogens is 2. The fourth-order valence-corrected chi connectivity index (χ4v) is 1.34. The molecular formula is C11H15F2NO. The van der Waals surface area contributed by atoms with Gasteiger partial charge in [-0.05, 0) is 31.0 Å². The quantitative estimate of drug-likeness (QED) is 0.832. The summed E-state index contributed by atoms with van der Waals surface area (Å²) in [5.74, 6) is -1.16. The molecule has 0 heterocycles. The van der Waals surface area contributed by atoms with Gasteiger partial charge in [0.2, 0.25) is 0 Å². The van der Waals surface area contributed by atoms with Gasteiger partial charge in [0.25, 0.3) is 0 Å². The number of methoxy groups -OCH3 is 1. The first kappa shape index (κ1) is 12.1. The molecule has 0 aliphatic rings. The van der Waals surface area contributed by atoms with Crippen molar-refractivity contribution in [2.24, 2.45) is 5.73 Å². The fourth-order valence-electron chi connectivity index (χ4n) is 1.34. The van der Waals surface area contributed by atoms with Gasteiger partial charge in [0.15, 0.2) is 0 Å². The molecule has 2 unspecified atom stereocenters. The van der Waals surface area contributed by atoms with E-state index < -0.39 is 11.6 Å². The zero-order valence-electron chi connectivity index (χ0n) is 8.84. The SMILES string of the molecule is COC(C)C(N)Cc1cc(F)cc(F)c1. The van der Waals surface area contributed by atoms with Crippen molar-refractivity contribution in [1.82, 2.24) is 0 Å². The van der Waals surface area contributed by atoms with Crippen molar-refractivity contribution in [1.29, 1.82) is 0 Å². The number of rotatable bonds is 4. The molecule has 84 valence electrons. The van der Waals surface area contributed by atoms with Gasteiger partial charge < -0.3 is 10.5 Å². The van der Waals surface area contributed by atoms with Crippen LogP contribution in [-0.2, 0) is 11.2 Å². The Hall–Kier alpha value is -1.00. The monoisotopic (exact) mass is 215 g/mol. The Morgan fingerprint density at radius 1 is 1.27 bits per heavy atom. The highest BCUT2D eigenvalue weighted by molar-refractivity contribution is 5.19. The van der Waals surface area contributed by atoms with Crippen LogP contribution >= 0.6 is 0 Å². The second-order valence-corrected chi connectivity index (χ2v) is 3.59. The average molecular weight is 215 g/mol. The molecule has 0 spiro atoms. The van der Waals surface area contributed by atoms with Gasteiger partial charge in [-0.1, -0.05) is 0 Å². The van der Waals surface area contributed by atoms with Crippen LogP contribution in [0, 0.1) is 11.6 Å². The van der Waals surface area contributed by atoms with Crippen LogP contribution in [0.15, 0.2) is 18.2 Å². The summed E-state index contributed by atoms with van der Waals surface area (Å²) >= 11 is 0. The van der Waals surface area contributed by atoms with Crippen LogP contribution in [0.25, 0.3) is 0 Å². The zero-order chi connectivity index (χ0) is 11.4. The van der Waals surface area contributed by atoms with Crippen LogP contribution < -0.4 is 5.73 Å². The Bertz CT molecular complexity index is 310. The second kappa shape index (κ2) is 5.19. The van der Waals surface area contributed by atoms with Gasteiger partial charge in [-0.3, -0.25) is 0 Å². The molecule has 0 fully saturated rings. The molecule has 0 aromatic heterocycles. The van der Waals surface area contributed by atoms with E-state index in [4.69, 9.17) is 10.5 Å². The van der Waals surface area contributed by atoms with Gasteiger partial charge in [-0.25, -0.2) is 8.78 Å². The lowest BCUT2D eigenvalue weighted by atomic mass is 10.0. The summed E-state index contributed by atoms with van der Waals surface area (Å²) in [5, 5.41) is 0. The van der Waals surface area contributed by atoms with Crippen molar-refractivity contribution in [3.8, 4) is 0 Å². The molecular weight excluding hydrogens is 200 g/mol. The Labute approximate surface area is 88.0 Å². The average Bonchev–Trinajstić information content (AvgIpc) is 2.14. The van der Waals surface area contributed by atoms with E-state index in [2.05, 4.69) is 0 Å². The Morgan fingerprint density at radius 3 is 2.27 bits per heavy atom. The van der Waals surface area contributed by atoms with Gasteiger partial charge in [-0.15, -0.1) is 0 Å². The maximum Gasteiger partial charge on any atom is 0.126 e. The van der Waals surface area contributed by atoms with E-state index in [-0.39, 0.29) is 12.1 Å². The smallest absolute Gasteiger partial charge is 0.126 e. The predicted molar refractivity (Wildman–Crippen MR) is 54.5 cm³/mol. The summed E-state index contributed by atoms with van der Waals surface area (Å²) in [4.78, 5) is 0. The van der Waals surface area contributed by atoms with Crippen LogP contribution in [-0.4, -0.2) is 19.3 Å². The topological polar surface area (TPSA) is 35.2 Å². The van der Waals surface area contributed by atoms with Crippen LogP contribution in [0.5, 0.6) is 0 Å². The van der Waals surface area contributed by atoms with Crippen molar-refractivity contribution in [3.63, 3.8) is 0 Å². The lowest BCUT2D eigenvalue weighted by Gasteiger charge is -2.18. The first-order valence-electron chi connectivity index (χ1n) is 4.76. The molecule has 15 heavy (non-hydrogen) atoms. The van der Waals surface area contributed by atoms with E-state index in [0.717, 1.165) is 6.07 Å². The summed E-state index contributed by atoms with van der Waals surface area (Å²) in [7, 11) is 1.55. The molecule has 1 rings (SSSR count). The van der Waals surface area contributed by atoms with Crippen molar-refractivity contribution in [2.75, 3.05) is 7.11 Å². The van der Waals surface area contributed by atoms with E-state index >= 15 is 0 Å². The maximum atomic E-state index is 12.8. The van der Waals surface area contributed by atoms with E-state index in [9.17, 15) is 8.78 Å². The summed E-state index contributed by atoms with van der Waals surface area (Å²) in [5.41, 5.74) is 6.34. The summed E-state index contributed by atoms with van der Waals surface area (Å²) < 4.78 is 30.7. The number of benzene rings is 1. The molecule has 1 aromatic rings. The highest BCUT2D eigenvalue weighted by Gasteiger charge is 2.13. The molecule has 0 bridgehead atoms. The van der Waals surface area contributed by atoms with Crippen LogP contribution in [0.1, 0.15) is 12.5 Å². The van der Waals surface area contributed by atoms with Gasteiger partial charge in [0.05, 0.1) is 6.10 Å². The molecule has 0 saturated heterocycles. The van der Waals surface area contributed by atoms with Crippen LogP contribution in [0.4, 0.5) is 8.78 Å². The molecule has 0 saturated carbocycles. The van der Waals surface area contributed by atoms with E-state index in [1.165, 1.54) is 12.1 Å². The first-order valence-corrected chi connectivity index (χ1v) is 4.76. The predicted octanol–water partition coefficient (Wildman–Crippen LogP) is 1.87. The molecule has 0 radical (unpaired) electrons. The van der Waals surface area contributed by atoms with Crippen LogP contribution in [0.2, 0.25) is 0 Å². The molecule has 4 heteroatoms. The van der Waals surface area contributed by atoms with Gasteiger partial charge in [0, 0.05) is 19.2 Å². The van der Waals surface area contributed by atoms with E-state index in [1.807, 2.05) is 6.92 Å². The molecule has 2 N–H and O–H groups in total. The first-order chi connectivity index (χ1) is 7.02. The molecule has 2 nitrogen and oxygen atoms in total. The maximum absolute atomic E-state index is 12.8. The minimum absolute atomic E-state index is 0.142. The van der Waals surface area contributed by atoms with E-state index in [1.54, 1.807) is 7.11 Å². The number of hydrogen-bond acceptors (Lipinski definition) is 2. The molecule has 1 aromatic carbocycles. The summed E-state index contributed by atoms with van der Waals surface area (Å²) in [6.07, 6.45) is 0.250. The Morgan fingerprint density at radius 2 is 1.80 bits per heavy atom. The summed E-state index contributed by atoms with van der Waals surface area (Å²) in [6.45, 7) is 1.82. The lowest BCUT2D eigenvalue weighted by Crippen LogP contribution is -2.35. The van der Waals surface area contributed by atoms with Crippen LogP contribution in [0.3, 0.4) is 0 Å². The normalized spacial score (nSPS) is 15.0. The Kier molecular flexibility index (Phi) is 4.17. The van der Waals surface area contributed by atoms with Gasteiger partial charge >= 0.3 is 0 Å². The van der Waals surface area contributed by atoms with Crippen molar-refractivity contribution in [2.45, 2.75) is 25.5 Å². The van der Waals surface area contributed by atoms with Crippen molar-refractivity contribution >= 4 is 0 Å². The molecule has 2 atom stereocenters. The number of nitrogens with two attached hydrogens (primary N) is 1. The second-order valence-electron chi connectivity index (χ2n) is 3.59. The van der Waals surface area contributed by atoms with Gasteiger partial charge in [0.1, 0.15) is 11.6 Å². The third-order valence-corrected chi connectivity index (χ3v) is 2.37. The molecule has 0 aliphatic heterocycles.